The smallest absolute Gasteiger partial charge is 0.255 e. The molecule has 4 heteroatoms. The Morgan fingerprint density at radius 1 is 0.395 bits per heavy atom. The maximum Gasteiger partial charge on any atom is 0.255 e. The fourth-order valence-corrected chi connectivity index (χ4v) is 4.57. The molecule has 2 amide bonds. The zero-order valence-electron chi connectivity index (χ0n) is 20.5. The van der Waals surface area contributed by atoms with Crippen LogP contribution in [0.25, 0.3) is 32.7 Å². The second-order valence-electron chi connectivity index (χ2n) is 9.19. The minimum absolute atomic E-state index is 0.160. The molecule has 0 spiro atoms. The number of benzene rings is 6. The summed E-state index contributed by atoms with van der Waals surface area (Å²) < 4.78 is 0. The summed E-state index contributed by atoms with van der Waals surface area (Å²) in [7, 11) is 0. The number of carbonyl (C=O) groups is 2. The summed E-state index contributed by atoms with van der Waals surface area (Å²) in [6.07, 6.45) is 0. The number of nitrogens with one attached hydrogen (secondary N) is 2. The average molecular weight is 493 g/mol. The van der Waals surface area contributed by atoms with Crippen LogP contribution in [0.1, 0.15) is 20.7 Å². The van der Waals surface area contributed by atoms with Gasteiger partial charge in [-0.1, -0.05) is 84.9 Å². The van der Waals surface area contributed by atoms with Gasteiger partial charge in [0.1, 0.15) is 0 Å². The lowest BCUT2D eigenvalue weighted by Crippen LogP contribution is -2.12. The van der Waals surface area contributed by atoms with Gasteiger partial charge in [-0.3, -0.25) is 9.59 Å². The van der Waals surface area contributed by atoms with Crippen molar-refractivity contribution in [3.05, 3.63) is 145 Å². The number of anilines is 2. The summed E-state index contributed by atoms with van der Waals surface area (Å²) in [5, 5.41) is 10.4. The molecule has 0 saturated carbocycles. The van der Waals surface area contributed by atoms with Crippen molar-refractivity contribution < 1.29 is 9.59 Å². The molecule has 0 heterocycles. The Morgan fingerprint density at radius 3 is 1.16 bits per heavy atom. The summed E-state index contributed by atoms with van der Waals surface area (Å²) in [5.41, 5.74) is 4.61. The summed E-state index contributed by atoms with van der Waals surface area (Å²) in [5.74, 6) is -0.319. The summed E-state index contributed by atoms with van der Waals surface area (Å²) in [6.45, 7) is 0. The van der Waals surface area contributed by atoms with E-state index in [1.54, 1.807) is 0 Å². The average Bonchev–Trinajstić information content (AvgIpc) is 2.97. The third-order valence-corrected chi connectivity index (χ3v) is 6.64. The Morgan fingerprint density at radius 2 is 0.763 bits per heavy atom. The molecule has 38 heavy (non-hydrogen) atoms. The molecule has 182 valence electrons. The van der Waals surface area contributed by atoms with Crippen molar-refractivity contribution >= 4 is 44.7 Å². The topological polar surface area (TPSA) is 58.2 Å². The molecular weight excluding hydrogens is 468 g/mol. The molecule has 0 fully saturated rings. The summed E-state index contributed by atoms with van der Waals surface area (Å²) >= 11 is 0. The van der Waals surface area contributed by atoms with E-state index in [0.29, 0.717) is 11.1 Å². The maximum absolute atomic E-state index is 12.8. The van der Waals surface area contributed by atoms with Crippen LogP contribution < -0.4 is 10.6 Å². The van der Waals surface area contributed by atoms with Gasteiger partial charge in [0.15, 0.2) is 0 Å². The van der Waals surface area contributed by atoms with Crippen molar-refractivity contribution in [3.8, 4) is 11.1 Å². The zero-order chi connectivity index (χ0) is 25.9. The molecule has 0 saturated heterocycles. The molecule has 0 atom stereocenters. The lowest BCUT2D eigenvalue weighted by molar-refractivity contribution is 0.101. The van der Waals surface area contributed by atoms with Crippen LogP contribution in [0.2, 0.25) is 0 Å². The third-order valence-electron chi connectivity index (χ3n) is 6.64. The van der Waals surface area contributed by atoms with Crippen LogP contribution in [0, 0.1) is 0 Å². The molecular formula is C34H24N2O2. The van der Waals surface area contributed by atoms with Crippen molar-refractivity contribution in [1.29, 1.82) is 0 Å². The molecule has 2 N–H and O–H groups in total. The second-order valence-corrected chi connectivity index (χ2v) is 9.19. The van der Waals surface area contributed by atoms with Gasteiger partial charge in [-0.2, -0.15) is 0 Å². The Balaban J connectivity index is 1.12. The van der Waals surface area contributed by atoms with E-state index < -0.39 is 0 Å². The monoisotopic (exact) mass is 492 g/mol. The first-order valence-corrected chi connectivity index (χ1v) is 12.4. The Hall–Kier alpha value is -5.22. The van der Waals surface area contributed by atoms with E-state index >= 15 is 0 Å². The molecule has 0 bridgehead atoms. The second kappa shape index (κ2) is 10.0. The molecule has 6 aromatic rings. The van der Waals surface area contributed by atoms with Crippen LogP contribution >= 0.6 is 0 Å². The number of amides is 2. The van der Waals surface area contributed by atoms with E-state index in [9.17, 15) is 9.59 Å². The van der Waals surface area contributed by atoms with E-state index in [0.717, 1.165) is 44.0 Å². The molecule has 0 aliphatic heterocycles. The number of carbonyl (C=O) groups excluding carboxylic acids is 2. The molecule has 0 aliphatic rings. The molecule has 6 rings (SSSR count). The lowest BCUT2D eigenvalue weighted by atomic mass is 10.0. The van der Waals surface area contributed by atoms with Crippen LogP contribution in [-0.2, 0) is 0 Å². The number of hydrogen-bond donors (Lipinski definition) is 2. The van der Waals surface area contributed by atoms with Crippen LogP contribution in [0.5, 0.6) is 0 Å². The van der Waals surface area contributed by atoms with Crippen molar-refractivity contribution in [2.24, 2.45) is 0 Å². The highest BCUT2D eigenvalue weighted by Crippen LogP contribution is 2.24. The van der Waals surface area contributed by atoms with Gasteiger partial charge in [0.2, 0.25) is 0 Å². The Labute approximate surface area is 220 Å². The van der Waals surface area contributed by atoms with Gasteiger partial charge in [0, 0.05) is 22.5 Å². The molecule has 0 aliphatic carbocycles. The van der Waals surface area contributed by atoms with Crippen LogP contribution in [0.15, 0.2) is 133 Å². The van der Waals surface area contributed by atoms with E-state index in [1.807, 2.05) is 133 Å². The first-order valence-electron chi connectivity index (χ1n) is 12.4. The fraction of sp³-hybridized carbons (Fsp3) is 0. The SMILES string of the molecule is O=C(Nc1ccc2ccccc2c1)c1ccc(-c2ccc(C(=O)Nc3ccc4ccccc4c3)cc2)cc1. The van der Waals surface area contributed by atoms with Gasteiger partial charge in [-0.05, 0) is 81.2 Å². The van der Waals surface area contributed by atoms with Gasteiger partial charge in [0.05, 0.1) is 0 Å². The number of rotatable bonds is 5. The Bertz CT molecular complexity index is 1650. The molecule has 6 aromatic carbocycles. The molecule has 4 nitrogen and oxygen atoms in total. The van der Waals surface area contributed by atoms with Crippen LogP contribution in [0.4, 0.5) is 11.4 Å². The van der Waals surface area contributed by atoms with Crippen molar-refractivity contribution in [3.63, 3.8) is 0 Å². The minimum Gasteiger partial charge on any atom is -0.322 e. The quantitative estimate of drug-likeness (QED) is 0.255. The third kappa shape index (κ3) is 4.88. The van der Waals surface area contributed by atoms with E-state index in [4.69, 9.17) is 0 Å². The van der Waals surface area contributed by atoms with Crippen molar-refractivity contribution in [2.45, 2.75) is 0 Å². The largest absolute Gasteiger partial charge is 0.322 e. The number of hydrogen-bond acceptors (Lipinski definition) is 2. The van der Waals surface area contributed by atoms with Crippen molar-refractivity contribution in [1.82, 2.24) is 0 Å². The Kier molecular flexibility index (Phi) is 6.12. The lowest BCUT2D eigenvalue weighted by Gasteiger charge is -2.09. The van der Waals surface area contributed by atoms with Crippen molar-refractivity contribution in [2.75, 3.05) is 10.6 Å². The standard InChI is InChI=1S/C34H24N2O2/c37-33(35-31-19-17-23-5-1-3-7-29(23)21-31)27-13-9-25(10-14-27)26-11-15-28(16-12-26)34(38)36-32-20-18-24-6-2-4-8-30(24)22-32/h1-22H,(H,35,37)(H,36,38). The highest BCUT2D eigenvalue weighted by Gasteiger charge is 2.10. The van der Waals surface area contributed by atoms with E-state index in [1.165, 1.54) is 0 Å². The molecule has 0 unspecified atom stereocenters. The van der Waals surface area contributed by atoms with Gasteiger partial charge in [0.25, 0.3) is 11.8 Å². The highest BCUT2D eigenvalue weighted by atomic mass is 16.2. The summed E-state index contributed by atoms with van der Waals surface area (Å²) in [4.78, 5) is 25.6. The minimum atomic E-state index is -0.160. The summed E-state index contributed by atoms with van der Waals surface area (Å²) in [6, 6.07) is 42.8. The number of fused-ring (bicyclic) bond motifs is 2. The first-order chi connectivity index (χ1) is 18.6. The van der Waals surface area contributed by atoms with Gasteiger partial charge >= 0.3 is 0 Å². The van der Waals surface area contributed by atoms with Gasteiger partial charge < -0.3 is 10.6 Å². The van der Waals surface area contributed by atoms with E-state index in [2.05, 4.69) is 10.6 Å². The normalized spacial score (nSPS) is 10.8. The maximum atomic E-state index is 12.8. The molecule has 0 radical (unpaired) electrons. The van der Waals surface area contributed by atoms with E-state index in [-0.39, 0.29) is 11.8 Å². The predicted molar refractivity (Wildman–Crippen MR) is 156 cm³/mol. The first kappa shape index (κ1) is 23.2. The van der Waals surface area contributed by atoms with Gasteiger partial charge in [-0.25, -0.2) is 0 Å². The molecule has 0 aromatic heterocycles. The van der Waals surface area contributed by atoms with Gasteiger partial charge in [-0.15, -0.1) is 0 Å². The van der Waals surface area contributed by atoms with Crippen LogP contribution in [-0.4, -0.2) is 11.8 Å². The predicted octanol–water partition coefficient (Wildman–Crippen LogP) is 8.16. The fourth-order valence-electron chi connectivity index (χ4n) is 4.57. The zero-order valence-corrected chi connectivity index (χ0v) is 20.5. The van der Waals surface area contributed by atoms with Crippen LogP contribution in [0.3, 0.4) is 0 Å². The highest BCUT2D eigenvalue weighted by molar-refractivity contribution is 6.06.